The standard InChI is InChI=1S/C34H60IN3O9/c1-22(21-34(6,7)47-26(5)31(44-8)25(4)39)10-9-11-23(2)30-24(3)12-13-27(46-30)20-29(40)36-28(32(41)42)14-19-45-33(43)37-15-17-38(35)18-16-37/h11,22,24-28,30-31,39H,9-10,12-21H2,1-8H3,(H,36,40)(H,41,42)/b23-11+/t22-,24+,25-,26?,27-,28+,30-,31+/m1/s1. The fraction of sp³-hybridized carbons (Fsp3) is 0.853. The van der Waals surface area contributed by atoms with Crippen LogP contribution in [0.1, 0.15) is 93.4 Å². The molecule has 0 aromatic rings. The second-order valence-electron chi connectivity index (χ2n) is 14.1. The molecule has 2 aliphatic heterocycles. The number of carbonyl (C=O) groups is 3. The molecule has 0 saturated carbocycles. The number of aliphatic hydroxyl groups excluding tert-OH is 1. The van der Waals surface area contributed by atoms with Crippen LogP contribution in [0.15, 0.2) is 11.6 Å². The predicted octanol–water partition coefficient (Wildman–Crippen LogP) is 4.96. The summed E-state index contributed by atoms with van der Waals surface area (Å²) in [5.74, 6) is -0.839. The summed E-state index contributed by atoms with van der Waals surface area (Å²) in [7, 11) is 1.59. The molecule has 3 N–H and O–H groups in total. The summed E-state index contributed by atoms with van der Waals surface area (Å²) >= 11 is 2.21. The number of carboxylic acids is 1. The zero-order valence-electron chi connectivity index (χ0n) is 29.7. The van der Waals surface area contributed by atoms with E-state index >= 15 is 0 Å². The van der Waals surface area contributed by atoms with Gasteiger partial charge in [0.15, 0.2) is 0 Å². The first-order chi connectivity index (χ1) is 22.0. The Morgan fingerprint density at radius 3 is 2.36 bits per heavy atom. The van der Waals surface area contributed by atoms with Crippen LogP contribution in [-0.4, -0.2) is 118 Å². The fourth-order valence-corrected chi connectivity index (χ4v) is 7.14. The van der Waals surface area contributed by atoms with Crippen LogP contribution < -0.4 is 5.32 Å². The van der Waals surface area contributed by atoms with Gasteiger partial charge >= 0.3 is 12.1 Å². The molecular weight excluding hydrogens is 721 g/mol. The average Bonchev–Trinajstić information content (AvgIpc) is 2.97. The normalized spacial score (nSPS) is 24.6. The second kappa shape index (κ2) is 20.2. The van der Waals surface area contributed by atoms with Crippen molar-refractivity contribution in [3.05, 3.63) is 11.6 Å². The van der Waals surface area contributed by atoms with E-state index in [1.54, 1.807) is 18.9 Å². The van der Waals surface area contributed by atoms with Gasteiger partial charge in [0.1, 0.15) is 12.1 Å². The van der Waals surface area contributed by atoms with Crippen LogP contribution in [0.4, 0.5) is 4.79 Å². The lowest BCUT2D eigenvalue weighted by atomic mass is 9.87. The Morgan fingerprint density at radius 2 is 1.77 bits per heavy atom. The number of piperazine rings is 1. The summed E-state index contributed by atoms with van der Waals surface area (Å²) in [6.45, 7) is 16.8. The topological polar surface area (TPSA) is 147 Å². The van der Waals surface area contributed by atoms with E-state index in [1.807, 2.05) is 6.92 Å². The van der Waals surface area contributed by atoms with Crippen molar-refractivity contribution in [2.75, 3.05) is 39.9 Å². The van der Waals surface area contributed by atoms with E-state index in [2.05, 4.69) is 72.0 Å². The Kier molecular flexibility index (Phi) is 17.9. The third kappa shape index (κ3) is 14.9. The van der Waals surface area contributed by atoms with E-state index in [0.29, 0.717) is 24.9 Å². The van der Waals surface area contributed by atoms with Crippen LogP contribution in [0.5, 0.6) is 0 Å². The molecule has 1 unspecified atom stereocenters. The van der Waals surface area contributed by atoms with Crippen LogP contribution in [0, 0.1) is 11.8 Å². The number of aliphatic carboxylic acids is 1. The third-order valence-electron chi connectivity index (χ3n) is 9.09. The van der Waals surface area contributed by atoms with Crippen LogP contribution in [0.25, 0.3) is 0 Å². The van der Waals surface area contributed by atoms with E-state index in [1.165, 1.54) is 0 Å². The van der Waals surface area contributed by atoms with Gasteiger partial charge in [0.25, 0.3) is 0 Å². The van der Waals surface area contributed by atoms with Crippen molar-refractivity contribution in [1.82, 2.24) is 13.3 Å². The lowest BCUT2D eigenvalue weighted by Crippen LogP contribution is -2.46. The maximum absolute atomic E-state index is 12.9. The molecule has 0 radical (unpaired) electrons. The van der Waals surface area contributed by atoms with Crippen molar-refractivity contribution in [3.63, 3.8) is 0 Å². The summed E-state index contributed by atoms with van der Waals surface area (Å²) in [5.41, 5.74) is 0.774. The molecule has 2 aliphatic rings. The van der Waals surface area contributed by atoms with Crippen LogP contribution in [-0.2, 0) is 28.5 Å². The molecule has 12 nitrogen and oxygen atoms in total. The molecule has 8 atom stereocenters. The number of nitrogens with one attached hydrogen (secondary N) is 1. The molecule has 2 saturated heterocycles. The number of aliphatic hydroxyl groups is 1. The Labute approximate surface area is 295 Å². The number of hydrogen-bond donors (Lipinski definition) is 3. The third-order valence-corrected chi connectivity index (χ3v) is 10.1. The molecule has 2 fully saturated rings. The van der Waals surface area contributed by atoms with Gasteiger partial charge in [-0.25, -0.2) is 12.7 Å². The van der Waals surface area contributed by atoms with Gasteiger partial charge in [0.05, 0.1) is 43.0 Å². The number of methoxy groups -OCH3 is 1. The zero-order chi connectivity index (χ0) is 35.3. The van der Waals surface area contributed by atoms with Crippen LogP contribution in [0.2, 0.25) is 0 Å². The Balaban J connectivity index is 1.80. The minimum atomic E-state index is -1.17. The maximum atomic E-state index is 12.9. The van der Waals surface area contributed by atoms with E-state index in [0.717, 1.165) is 50.8 Å². The Morgan fingerprint density at radius 1 is 1.11 bits per heavy atom. The number of halogens is 1. The molecule has 0 bridgehead atoms. The number of carbonyl (C=O) groups excluding carboxylic acids is 2. The SMILES string of the molecule is CO[C@H](C(C)OC(C)(C)C[C@H](C)CC/C=C(\C)[C@H]1O[C@@H](CC(=O)N[C@@H](CCOC(=O)N2CCN(I)CC2)C(=O)O)CC[C@@H]1C)[C@@H](C)O. The minimum Gasteiger partial charge on any atom is -0.480 e. The summed E-state index contributed by atoms with van der Waals surface area (Å²) in [5, 5.41) is 22.2. The van der Waals surface area contributed by atoms with Crippen molar-refractivity contribution in [2.24, 2.45) is 11.8 Å². The number of ether oxygens (including phenoxy) is 4. The number of carboxylic acid groups (broad SMARTS) is 1. The van der Waals surface area contributed by atoms with Gasteiger partial charge in [-0.15, -0.1) is 0 Å². The highest BCUT2D eigenvalue weighted by Crippen LogP contribution is 2.32. The summed E-state index contributed by atoms with van der Waals surface area (Å²) in [6, 6.07) is -1.15. The van der Waals surface area contributed by atoms with Crippen molar-refractivity contribution in [1.29, 1.82) is 0 Å². The highest BCUT2D eigenvalue weighted by atomic mass is 127. The number of allylic oxidation sites excluding steroid dienone is 1. The van der Waals surface area contributed by atoms with E-state index in [-0.39, 0.29) is 55.4 Å². The first kappa shape index (κ1) is 41.7. The summed E-state index contributed by atoms with van der Waals surface area (Å²) in [6.07, 6.45) is 4.55. The molecule has 0 spiro atoms. The summed E-state index contributed by atoms with van der Waals surface area (Å²) in [4.78, 5) is 38.6. The minimum absolute atomic E-state index is 0.0115. The average molecular weight is 782 g/mol. The first-order valence-electron chi connectivity index (χ1n) is 17.1. The van der Waals surface area contributed by atoms with Crippen LogP contribution >= 0.6 is 22.9 Å². The quantitative estimate of drug-likeness (QED) is 0.0992. The van der Waals surface area contributed by atoms with Gasteiger partial charge in [0.2, 0.25) is 5.91 Å². The smallest absolute Gasteiger partial charge is 0.409 e. The number of nitrogens with zero attached hydrogens (tertiary/aromatic N) is 2. The largest absolute Gasteiger partial charge is 0.480 e. The van der Waals surface area contributed by atoms with Crippen molar-refractivity contribution in [3.8, 4) is 0 Å². The van der Waals surface area contributed by atoms with Gasteiger partial charge in [0, 0.05) is 62.6 Å². The number of amides is 2. The molecule has 272 valence electrons. The molecule has 2 rings (SSSR count). The number of rotatable bonds is 18. The van der Waals surface area contributed by atoms with Gasteiger partial charge < -0.3 is 39.4 Å². The molecular formula is C34H60IN3O9. The van der Waals surface area contributed by atoms with Gasteiger partial charge in [-0.1, -0.05) is 19.9 Å². The molecule has 0 aromatic heterocycles. The maximum Gasteiger partial charge on any atom is 0.409 e. The summed E-state index contributed by atoms with van der Waals surface area (Å²) < 4.78 is 25.5. The van der Waals surface area contributed by atoms with Crippen molar-refractivity contribution in [2.45, 2.75) is 136 Å². The van der Waals surface area contributed by atoms with E-state index in [9.17, 15) is 24.6 Å². The van der Waals surface area contributed by atoms with E-state index < -0.39 is 24.2 Å². The number of hydrogen-bond acceptors (Lipinski definition) is 9. The van der Waals surface area contributed by atoms with Gasteiger partial charge in [-0.05, 0) is 84.1 Å². The van der Waals surface area contributed by atoms with Gasteiger partial charge in [-0.3, -0.25) is 4.79 Å². The van der Waals surface area contributed by atoms with Crippen LogP contribution in [0.3, 0.4) is 0 Å². The van der Waals surface area contributed by atoms with E-state index in [4.69, 9.17) is 18.9 Å². The lowest BCUT2D eigenvalue weighted by molar-refractivity contribution is -0.150. The molecule has 47 heavy (non-hydrogen) atoms. The molecule has 2 heterocycles. The lowest BCUT2D eigenvalue weighted by Gasteiger charge is -2.36. The molecule has 2 amide bonds. The highest BCUT2D eigenvalue weighted by Gasteiger charge is 2.33. The second-order valence-corrected chi connectivity index (χ2v) is 15.4. The molecule has 13 heteroatoms. The fourth-order valence-electron chi connectivity index (χ4n) is 6.71. The highest BCUT2D eigenvalue weighted by molar-refractivity contribution is 14.1. The first-order valence-corrected chi connectivity index (χ1v) is 18.0. The monoisotopic (exact) mass is 781 g/mol. The van der Waals surface area contributed by atoms with Gasteiger partial charge in [-0.2, -0.15) is 0 Å². The van der Waals surface area contributed by atoms with Crippen molar-refractivity contribution < 1.29 is 43.5 Å². The van der Waals surface area contributed by atoms with Crippen molar-refractivity contribution >= 4 is 40.8 Å². The zero-order valence-corrected chi connectivity index (χ0v) is 31.9. The molecule has 0 aromatic carbocycles. The Hall–Kier alpha value is -1.52. The molecule has 0 aliphatic carbocycles. The Bertz CT molecular complexity index is 1020. The predicted molar refractivity (Wildman–Crippen MR) is 188 cm³/mol.